The van der Waals surface area contributed by atoms with Crippen LogP contribution in [0.25, 0.3) is 0 Å². The number of hydrogen-bond acceptors (Lipinski definition) is 6. The van der Waals surface area contributed by atoms with E-state index in [4.69, 9.17) is 28.9 Å². The van der Waals surface area contributed by atoms with E-state index in [1.165, 1.54) is 0 Å². The number of aromatic nitrogens is 2. The molecule has 0 aliphatic rings. The molecule has 0 spiro atoms. The predicted molar refractivity (Wildman–Crippen MR) is 90.5 cm³/mol. The van der Waals surface area contributed by atoms with Crippen molar-refractivity contribution in [3.8, 4) is 0 Å². The number of nitrogens with two attached hydrogens (primary N) is 1. The van der Waals surface area contributed by atoms with Crippen molar-refractivity contribution >= 4 is 46.3 Å². The van der Waals surface area contributed by atoms with Gasteiger partial charge < -0.3 is 11.1 Å². The number of halogens is 2. The maximum absolute atomic E-state index is 6.09. The zero-order valence-corrected chi connectivity index (χ0v) is 13.6. The molecule has 8 heteroatoms. The lowest BCUT2D eigenvalue weighted by Crippen LogP contribution is -2.06. The normalized spacial score (nSPS) is 11.0. The first kappa shape index (κ1) is 16.5. The Morgan fingerprint density at radius 2 is 1.86 bits per heavy atom. The Morgan fingerprint density at radius 3 is 2.55 bits per heavy atom. The Labute approximate surface area is 138 Å². The van der Waals surface area contributed by atoms with Gasteiger partial charge in [0.2, 0.25) is 5.95 Å². The highest BCUT2D eigenvalue weighted by Crippen LogP contribution is 2.32. The minimum Gasteiger partial charge on any atom is -0.368 e. The summed E-state index contributed by atoms with van der Waals surface area (Å²) >= 11 is 11.9. The second-order valence-electron chi connectivity index (χ2n) is 4.53. The minimum atomic E-state index is 0.0921. The van der Waals surface area contributed by atoms with E-state index in [1.54, 1.807) is 24.3 Å². The number of anilines is 2. The van der Waals surface area contributed by atoms with Crippen LogP contribution in [0.15, 0.2) is 34.5 Å². The van der Waals surface area contributed by atoms with Crippen molar-refractivity contribution in [2.75, 3.05) is 17.6 Å². The number of azo groups is 1. The number of nitrogens with one attached hydrogen (secondary N) is 1. The third kappa shape index (κ3) is 4.54. The Morgan fingerprint density at radius 1 is 1.14 bits per heavy atom. The Bertz CT molecular complexity index is 657. The molecule has 0 amide bonds. The number of unbranched alkanes of at least 4 members (excludes halogenated alkanes) is 1. The SMILES string of the molecule is CCCCNc1nc(N)nc(Cl)c1N=Nc1ccc(Cl)cc1. The quantitative estimate of drug-likeness (QED) is 0.441. The van der Waals surface area contributed by atoms with E-state index in [0.29, 0.717) is 22.2 Å². The first-order chi connectivity index (χ1) is 10.6. The van der Waals surface area contributed by atoms with Gasteiger partial charge in [0.1, 0.15) is 0 Å². The predicted octanol–water partition coefficient (Wildman–Crippen LogP) is 4.99. The molecule has 0 aliphatic heterocycles. The lowest BCUT2D eigenvalue weighted by Gasteiger charge is -2.08. The van der Waals surface area contributed by atoms with E-state index in [1.807, 2.05) is 0 Å². The van der Waals surface area contributed by atoms with Gasteiger partial charge in [0.05, 0.1) is 5.69 Å². The highest BCUT2D eigenvalue weighted by atomic mass is 35.5. The molecule has 0 radical (unpaired) electrons. The Hall–Kier alpha value is -1.92. The fourth-order valence-corrected chi connectivity index (χ4v) is 1.99. The van der Waals surface area contributed by atoms with Gasteiger partial charge in [0.15, 0.2) is 16.7 Å². The second-order valence-corrected chi connectivity index (χ2v) is 5.32. The zero-order valence-electron chi connectivity index (χ0n) is 12.1. The molecule has 1 aromatic carbocycles. The maximum Gasteiger partial charge on any atom is 0.223 e. The molecule has 116 valence electrons. The average molecular weight is 339 g/mol. The average Bonchev–Trinajstić information content (AvgIpc) is 2.48. The van der Waals surface area contributed by atoms with Crippen LogP contribution < -0.4 is 11.1 Å². The van der Waals surface area contributed by atoms with Crippen LogP contribution >= 0.6 is 23.2 Å². The van der Waals surface area contributed by atoms with Gasteiger partial charge in [-0.2, -0.15) is 15.1 Å². The molecule has 0 bridgehead atoms. The molecule has 22 heavy (non-hydrogen) atoms. The van der Waals surface area contributed by atoms with Crippen LogP contribution in [0.3, 0.4) is 0 Å². The summed E-state index contributed by atoms with van der Waals surface area (Å²) in [6.45, 7) is 2.84. The smallest absolute Gasteiger partial charge is 0.223 e. The molecular weight excluding hydrogens is 323 g/mol. The molecule has 6 nitrogen and oxygen atoms in total. The van der Waals surface area contributed by atoms with Gasteiger partial charge in [-0.3, -0.25) is 0 Å². The van der Waals surface area contributed by atoms with Crippen molar-refractivity contribution < 1.29 is 0 Å². The van der Waals surface area contributed by atoms with Crippen LogP contribution in [-0.2, 0) is 0 Å². The minimum absolute atomic E-state index is 0.0921. The molecule has 2 rings (SSSR count). The highest BCUT2D eigenvalue weighted by Gasteiger charge is 2.11. The van der Waals surface area contributed by atoms with Crippen molar-refractivity contribution in [1.29, 1.82) is 0 Å². The summed E-state index contributed by atoms with van der Waals surface area (Å²) in [5, 5.41) is 12.2. The van der Waals surface area contributed by atoms with E-state index in [-0.39, 0.29) is 11.1 Å². The summed E-state index contributed by atoms with van der Waals surface area (Å²) in [4.78, 5) is 8.03. The number of nitrogen functional groups attached to an aromatic ring is 1. The molecule has 2 aromatic rings. The zero-order chi connectivity index (χ0) is 15.9. The summed E-state index contributed by atoms with van der Waals surface area (Å²) in [5.74, 6) is 0.568. The van der Waals surface area contributed by atoms with Crippen molar-refractivity contribution in [2.45, 2.75) is 19.8 Å². The summed E-state index contributed by atoms with van der Waals surface area (Å²) < 4.78 is 0. The van der Waals surface area contributed by atoms with Gasteiger partial charge in [-0.25, -0.2) is 0 Å². The topological polar surface area (TPSA) is 88.5 Å². The molecule has 1 heterocycles. The maximum atomic E-state index is 6.09. The van der Waals surface area contributed by atoms with Crippen LogP contribution in [0.5, 0.6) is 0 Å². The van der Waals surface area contributed by atoms with E-state index in [0.717, 1.165) is 19.4 Å². The molecule has 3 N–H and O–H groups in total. The molecule has 0 atom stereocenters. The number of rotatable bonds is 6. The summed E-state index contributed by atoms with van der Waals surface area (Å²) in [7, 11) is 0. The molecule has 0 fully saturated rings. The van der Waals surface area contributed by atoms with Gasteiger partial charge in [0.25, 0.3) is 0 Å². The van der Waals surface area contributed by atoms with E-state index in [2.05, 4.69) is 32.4 Å². The first-order valence-electron chi connectivity index (χ1n) is 6.84. The largest absolute Gasteiger partial charge is 0.368 e. The summed E-state index contributed by atoms with van der Waals surface area (Å²) in [5.41, 5.74) is 6.64. The fourth-order valence-electron chi connectivity index (χ4n) is 1.65. The molecule has 0 saturated heterocycles. The number of benzene rings is 1. The van der Waals surface area contributed by atoms with Crippen LogP contribution in [0.1, 0.15) is 19.8 Å². The molecular formula is C14H16Cl2N6. The standard InChI is InChI=1S/C14H16Cl2N6/c1-2-3-8-18-13-11(12(16)19-14(17)20-13)22-21-10-6-4-9(15)5-7-10/h4-7H,2-3,8H2,1H3,(H3,17,18,19,20). The lowest BCUT2D eigenvalue weighted by atomic mass is 10.3. The molecule has 0 unspecified atom stereocenters. The van der Waals surface area contributed by atoms with Gasteiger partial charge >= 0.3 is 0 Å². The van der Waals surface area contributed by atoms with Gasteiger partial charge in [-0.15, -0.1) is 5.11 Å². The summed E-state index contributed by atoms with van der Waals surface area (Å²) in [6, 6.07) is 6.97. The van der Waals surface area contributed by atoms with Crippen LogP contribution in [0, 0.1) is 0 Å². The molecule has 0 aliphatic carbocycles. The third-order valence-corrected chi connectivity index (χ3v) is 3.29. The lowest BCUT2D eigenvalue weighted by molar-refractivity contribution is 0.830. The van der Waals surface area contributed by atoms with Crippen molar-refractivity contribution in [2.24, 2.45) is 10.2 Å². The van der Waals surface area contributed by atoms with E-state index >= 15 is 0 Å². The number of hydrogen-bond donors (Lipinski definition) is 2. The van der Waals surface area contributed by atoms with Crippen LogP contribution in [0.2, 0.25) is 10.2 Å². The first-order valence-corrected chi connectivity index (χ1v) is 7.60. The van der Waals surface area contributed by atoms with Crippen molar-refractivity contribution in [3.05, 3.63) is 34.4 Å². The van der Waals surface area contributed by atoms with Gasteiger partial charge in [0, 0.05) is 11.6 Å². The van der Waals surface area contributed by atoms with E-state index in [9.17, 15) is 0 Å². The molecule has 1 aromatic heterocycles. The molecule has 0 saturated carbocycles. The van der Waals surface area contributed by atoms with E-state index < -0.39 is 0 Å². The second kappa shape index (κ2) is 7.91. The van der Waals surface area contributed by atoms with Gasteiger partial charge in [-0.05, 0) is 30.7 Å². The van der Waals surface area contributed by atoms with Crippen molar-refractivity contribution in [1.82, 2.24) is 9.97 Å². The monoisotopic (exact) mass is 338 g/mol. The van der Waals surface area contributed by atoms with Crippen molar-refractivity contribution in [3.63, 3.8) is 0 Å². The fraction of sp³-hybridized carbons (Fsp3) is 0.286. The Balaban J connectivity index is 2.26. The Kier molecular flexibility index (Phi) is 5.91. The highest BCUT2D eigenvalue weighted by molar-refractivity contribution is 6.32. The third-order valence-electron chi connectivity index (χ3n) is 2.77. The van der Waals surface area contributed by atoms with Gasteiger partial charge in [-0.1, -0.05) is 36.5 Å². The summed E-state index contributed by atoms with van der Waals surface area (Å²) in [6.07, 6.45) is 2.05. The van der Waals surface area contributed by atoms with Crippen LogP contribution in [-0.4, -0.2) is 16.5 Å². The van der Waals surface area contributed by atoms with Crippen LogP contribution in [0.4, 0.5) is 23.1 Å². The number of nitrogens with zero attached hydrogens (tertiary/aromatic N) is 4.